The van der Waals surface area contributed by atoms with Crippen molar-refractivity contribution in [3.05, 3.63) is 0 Å². The van der Waals surface area contributed by atoms with Crippen molar-refractivity contribution in [2.45, 2.75) is 33.1 Å². The van der Waals surface area contributed by atoms with Gasteiger partial charge in [0.1, 0.15) is 0 Å². The summed E-state index contributed by atoms with van der Waals surface area (Å²) >= 11 is 0. The molecule has 0 aromatic heterocycles. The van der Waals surface area contributed by atoms with Gasteiger partial charge in [-0.15, -0.1) is 0 Å². The molecule has 0 aromatic rings. The molecule has 2 aliphatic rings. The molecule has 1 amide bonds. The van der Waals surface area contributed by atoms with Gasteiger partial charge in [-0.05, 0) is 31.6 Å². The number of carbonyl (C=O) groups excluding carboxylic acids is 1. The third-order valence-corrected chi connectivity index (χ3v) is 3.77. The van der Waals surface area contributed by atoms with Crippen molar-refractivity contribution in [1.82, 2.24) is 9.96 Å². The lowest BCUT2D eigenvalue weighted by atomic mass is 9.92. The normalized spacial score (nSPS) is 23.8. The Balaban J connectivity index is 1.65. The van der Waals surface area contributed by atoms with Crippen LogP contribution in [0.15, 0.2) is 0 Å². The molecule has 0 aliphatic carbocycles. The van der Waals surface area contributed by atoms with E-state index in [1.54, 1.807) is 0 Å². The van der Waals surface area contributed by atoms with Crippen LogP contribution in [0.4, 0.5) is 0 Å². The van der Waals surface area contributed by atoms with Gasteiger partial charge in [-0.25, -0.2) is 0 Å². The molecule has 0 unspecified atom stereocenters. The van der Waals surface area contributed by atoms with Gasteiger partial charge in [-0.2, -0.15) is 5.06 Å². The second-order valence-corrected chi connectivity index (χ2v) is 5.40. The Kier molecular flexibility index (Phi) is 4.40. The van der Waals surface area contributed by atoms with Crippen molar-refractivity contribution in [1.29, 1.82) is 0 Å². The van der Waals surface area contributed by atoms with Crippen LogP contribution in [0.5, 0.6) is 0 Å². The molecule has 0 aromatic carbocycles. The standard InChI is InChI=1S/C13H24N2O2/c1-3-17-15-6-4-12(5-7-15)8-13(16)14-9-11(2)10-14/h11-12H,3-10H2,1-2H3. The van der Waals surface area contributed by atoms with Crippen molar-refractivity contribution in [3.8, 4) is 0 Å². The fourth-order valence-electron chi connectivity index (χ4n) is 2.70. The predicted molar refractivity (Wildman–Crippen MR) is 66.3 cm³/mol. The summed E-state index contributed by atoms with van der Waals surface area (Å²) < 4.78 is 0. The van der Waals surface area contributed by atoms with E-state index in [0.29, 0.717) is 17.7 Å². The first kappa shape index (κ1) is 12.8. The van der Waals surface area contributed by atoms with Gasteiger partial charge in [-0.1, -0.05) is 6.92 Å². The van der Waals surface area contributed by atoms with Gasteiger partial charge < -0.3 is 4.90 Å². The first-order valence-corrected chi connectivity index (χ1v) is 6.84. The molecule has 98 valence electrons. The smallest absolute Gasteiger partial charge is 0.222 e. The summed E-state index contributed by atoms with van der Waals surface area (Å²) in [5.41, 5.74) is 0. The number of hydroxylamine groups is 2. The van der Waals surface area contributed by atoms with Crippen molar-refractivity contribution in [3.63, 3.8) is 0 Å². The molecule has 4 heteroatoms. The molecular weight excluding hydrogens is 216 g/mol. The molecule has 2 fully saturated rings. The fraction of sp³-hybridized carbons (Fsp3) is 0.923. The highest BCUT2D eigenvalue weighted by Gasteiger charge is 2.29. The van der Waals surface area contributed by atoms with Gasteiger partial charge in [0.2, 0.25) is 5.91 Å². The Morgan fingerprint density at radius 1 is 1.29 bits per heavy atom. The van der Waals surface area contributed by atoms with Gasteiger partial charge in [0, 0.05) is 32.6 Å². The van der Waals surface area contributed by atoms with E-state index in [1.807, 2.05) is 16.9 Å². The zero-order valence-corrected chi connectivity index (χ0v) is 11.0. The third kappa shape index (κ3) is 3.42. The molecule has 0 bridgehead atoms. The van der Waals surface area contributed by atoms with E-state index in [2.05, 4.69) is 6.92 Å². The van der Waals surface area contributed by atoms with Crippen LogP contribution in [0.25, 0.3) is 0 Å². The van der Waals surface area contributed by atoms with E-state index in [4.69, 9.17) is 4.84 Å². The van der Waals surface area contributed by atoms with Crippen LogP contribution in [0.1, 0.15) is 33.1 Å². The summed E-state index contributed by atoms with van der Waals surface area (Å²) in [5.74, 6) is 1.63. The molecule has 2 aliphatic heterocycles. The largest absolute Gasteiger partial charge is 0.342 e. The van der Waals surface area contributed by atoms with Crippen LogP contribution >= 0.6 is 0 Å². The van der Waals surface area contributed by atoms with Crippen LogP contribution in [0.2, 0.25) is 0 Å². The number of piperidine rings is 1. The van der Waals surface area contributed by atoms with Crippen molar-refractivity contribution in [2.24, 2.45) is 11.8 Å². The molecule has 2 heterocycles. The van der Waals surface area contributed by atoms with Gasteiger partial charge in [-0.3, -0.25) is 9.63 Å². The highest BCUT2D eigenvalue weighted by molar-refractivity contribution is 5.77. The number of likely N-dealkylation sites (tertiary alicyclic amines) is 1. The molecule has 4 nitrogen and oxygen atoms in total. The van der Waals surface area contributed by atoms with E-state index in [0.717, 1.165) is 52.0 Å². The first-order valence-electron chi connectivity index (χ1n) is 6.84. The molecule has 2 rings (SSSR count). The highest BCUT2D eigenvalue weighted by atomic mass is 16.7. The number of nitrogens with zero attached hydrogens (tertiary/aromatic N) is 2. The number of carbonyl (C=O) groups is 1. The summed E-state index contributed by atoms with van der Waals surface area (Å²) in [4.78, 5) is 19.4. The Morgan fingerprint density at radius 2 is 1.94 bits per heavy atom. The monoisotopic (exact) mass is 240 g/mol. The van der Waals surface area contributed by atoms with Crippen LogP contribution in [0.3, 0.4) is 0 Å². The lowest BCUT2D eigenvalue weighted by Gasteiger charge is -2.39. The molecule has 0 radical (unpaired) electrons. The van der Waals surface area contributed by atoms with Crippen molar-refractivity contribution in [2.75, 3.05) is 32.8 Å². The molecule has 0 spiro atoms. The number of hydrogen-bond acceptors (Lipinski definition) is 3. The Morgan fingerprint density at radius 3 is 2.47 bits per heavy atom. The number of rotatable bonds is 4. The molecule has 2 saturated heterocycles. The summed E-state index contributed by atoms with van der Waals surface area (Å²) in [6, 6.07) is 0. The minimum atomic E-state index is 0.359. The average Bonchev–Trinajstić information content (AvgIpc) is 2.28. The second-order valence-electron chi connectivity index (χ2n) is 5.40. The van der Waals surface area contributed by atoms with Gasteiger partial charge >= 0.3 is 0 Å². The highest BCUT2D eigenvalue weighted by Crippen LogP contribution is 2.24. The maximum Gasteiger partial charge on any atom is 0.222 e. The lowest BCUT2D eigenvalue weighted by Crippen LogP contribution is -2.49. The molecule has 0 N–H and O–H groups in total. The van der Waals surface area contributed by atoms with E-state index in [-0.39, 0.29) is 0 Å². The Labute approximate surface area is 104 Å². The summed E-state index contributed by atoms with van der Waals surface area (Å²) in [6.07, 6.45) is 2.93. The molecule has 17 heavy (non-hydrogen) atoms. The van der Waals surface area contributed by atoms with Crippen LogP contribution in [-0.4, -0.2) is 48.7 Å². The van der Waals surface area contributed by atoms with E-state index < -0.39 is 0 Å². The maximum absolute atomic E-state index is 11.9. The van der Waals surface area contributed by atoms with E-state index in [9.17, 15) is 4.79 Å². The quantitative estimate of drug-likeness (QED) is 0.747. The van der Waals surface area contributed by atoms with Crippen molar-refractivity contribution >= 4 is 5.91 Å². The SMILES string of the molecule is CCON1CCC(CC(=O)N2CC(C)C2)CC1. The van der Waals surface area contributed by atoms with Gasteiger partial charge in [0.15, 0.2) is 0 Å². The van der Waals surface area contributed by atoms with E-state index in [1.165, 1.54) is 0 Å². The minimum absolute atomic E-state index is 0.359. The second kappa shape index (κ2) is 5.83. The van der Waals surface area contributed by atoms with Crippen molar-refractivity contribution < 1.29 is 9.63 Å². The fourth-order valence-corrected chi connectivity index (χ4v) is 2.70. The number of hydrogen-bond donors (Lipinski definition) is 0. The summed E-state index contributed by atoms with van der Waals surface area (Å²) in [5, 5.41) is 2.03. The zero-order valence-electron chi connectivity index (χ0n) is 11.0. The Bertz CT molecular complexity index is 256. The average molecular weight is 240 g/mol. The maximum atomic E-state index is 11.9. The Hall–Kier alpha value is -0.610. The van der Waals surface area contributed by atoms with Crippen LogP contribution in [0, 0.1) is 11.8 Å². The van der Waals surface area contributed by atoms with Crippen LogP contribution in [-0.2, 0) is 9.63 Å². The van der Waals surface area contributed by atoms with Gasteiger partial charge in [0.25, 0.3) is 0 Å². The number of amides is 1. The topological polar surface area (TPSA) is 32.8 Å². The van der Waals surface area contributed by atoms with E-state index >= 15 is 0 Å². The minimum Gasteiger partial charge on any atom is -0.342 e. The summed E-state index contributed by atoms with van der Waals surface area (Å²) in [7, 11) is 0. The summed E-state index contributed by atoms with van der Waals surface area (Å²) in [6.45, 7) is 8.85. The van der Waals surface area contributed by atoms with Crippen LogP contribution < -0.4 is 0 Å². The lowest BCUT2D eigenvalue weighted by molar-refractivity contribution is -0.171. The zero-order chi connectivity index (χ0) is 12.3. The predicted octanol–water partition coefficient (Wildman–Crippen LogP) is 1.52. The molecule has 0 atom stereocenters. The molecule has 0 saturated carbocycles. The first-order chi connectivity index (χ1) is 8.19. The third-order valence-electron chi connectivity index (χ3n) is 3.77. The van der Waals surface area contributed by atoms with Gasteiger partial charge in [0.05, 0.1) is 6.61 Å². The molecular formula is C13H24N2O2.